The maximum atomic E-state index is 11.1. The van der Waals surface area contributed by atoms with Crippen LogP contribution in [0.25, 0.3) is 0 Å². The van der Waals surface area contributed by atoms with E-state index in [2.05, 4.69) is 10.4 Å². The van der Waals surface area contributed by atoms with Crippen LogP contribution in [-0.4, -0.2) is 15.6 Å². The van der Waals surface area contributed by atoms with E-state index in [0.29, 0.717) is 11.4 Å². The van der Waals surface area contributed by atoms with Gasteiger partial charge in [0.25, 0.3) is 5.91 Å². The normalized spacial score (nSPS) is 9.87. The van der Waals surface area contributed by atoms with E-state index in [-0.39, 0.29) is 0 Å². The number of aromatic nitrogens is 2. The molecule has 5 nitrogen and oxygen atoms in total. The highest BCUT2D eigenvalue weighted by Crippen LogP contribution is 2.10. The van der Waals surface area contributed by atoms with Gasteiger partial charge in [-0.1, -0.05) is 0 Å². The van der Waals surface area contributed by atoms with Gasteiger partial charge in [0.15, 0.2) is 5.82 Å². The van der Waals surface area contributed by atoms with Gasteiger partial charge in [0.05, 0.1) is 5.56 Å². The average molecular weight is 202 g/mol. The highest BCUT2D eigenvalue weighted by Gasteiger charge is 2.07. The molecule has 0 spiro atoms. The van der Waals surface area contributed by atoms with E-state index in [9.17, 15) is 4.79 Å². The summed E-state index contributed by atoms with van der Waals surface area (Å²) in [4.78, 5) is 15.1. The van der Waals surface area contributed by atoms with E-state index >= 15 is 0 Å². The number of anilines is 1. The second-order valence-electron chi connectivity index (χ2n) is 2.97. The second-order valence-corrected chi connectivity index (χ2v) is 2.97. The highest BCUT2D eigenvalue weighted by molar-refractivity contribution is 5.97. The lowest BCUT2D eigenvalue weighted by Gasteiger charge is -2.08. The Bertz CT molecular complexity index is 464. The molecule has 0 radical (unpaired) electrons. The van der Waals surface area contributed by atoms with Gasteiger partial charge in [-0.15, -0.1) is 0 Å². The fourth-order valence-corrected chi connectivity index (χ4v) is 1.22. The first-order valence-corrected chi connectivity index (χ1v) is 4.42. The minimum Gasteiger partial charge on any atom is -0.365 e. The first-order valence-electron chi connectivity index (χ1n) is 4.42. The maximum Gasteiger partial charge on any atom is 0.252 e. The molecule has 0 saturated carbocycles. The van der Waals surface area contributed by atoms with Gasteiger partial charge in [0, 0.05) is 18.6 Å². The predicted octanol–water partition coefficient (Wildman–Crippen LogP) is 0.857. The minimum absolute atomic E-state index is 0.367. The van der Waals surface area contributed by atoms with E-state index in [1.165, 1.54) is 0 Å². The molecule has 1 amide bonds. The number of carbonyl (C=O) groups is 1. The van der Waals surface area contributed by atoms with Crippen LogP contribution in [0.3, 0.4) is 0 Å². The Hall–Kier alpha value is -2.30. The zero-order valence-corrected chi connectivity index (χ0v) is 7.92. The van der Waals surface area contributed by atoms with Crippen LogP contribution in [0.1, 0.15) is 10.4 Å². The molecular formula is C10H10N4O. The largest absolute Gasteiger partial charge is 0.365 e. The SMILES string of the molecule is NC(=O)c1cccnc1Nn1cccc1. The Morgan fingerprint density at radius 2 is 2.07 bits per heavy atom. The first kappa shape index (κ1) is 9.26. The number of pyridine rings is 1. The van der Waals surface area contributed by atoms with Crippen molar-refractivity contribution in [3.63, 3.8) is 0 Å². The van der Waals surface area contributed by atoms with Crippen LogP contribution in [0.15, 0.2) is 42.9 Å². The molecule has 2 heterocycles. The average Bonchev–Trinajstić information content (AvgIpc) is 2.71. The second kappa shape index (κ2) is 3.83. The third-order valence-corrected chi connectivity index (χ3v) is 1.91. The van der Waals surface area contributed by atoms with Gasteiger partial charge in [0.1, 0.15) is 0 Å². The number of primary amides is 1. The fourth-order valence-electron chi connectivity index (χ4n) is 1.22. The van der Waals surface area contributed by atoms with Crippen LogP contribution in [0.2, 0.25) is 0 Å². The molecule has 0 bridgehead atoms. The van der Waals surface area contributed by atoms with Crippen molar-refractivity contribution in [2.75, 3.05) is 5.43 Å². The van der Waals surface area contributed by atoms with E-state index in [1.807, 2.05) is 12.1 Å². The monoisotopic (exact) mass is 202 g/mol. The van der Waals surface area contributed by atoms with E-state index in [4.69, 9.17) is 5.73 Å². The summed E-state index contributed by atoms with van der Waals surface area (Å²) in [5.41, 5.74) is 8.52. The van der Waals surface area contributed by atoms with Crippen molar-refractivity contribution >= 4 is 11.7 Å². The maximum absolute atomic E-state index is 11.1. The predicted molar refractivity (Wildman–Crippen MR) is 56.2 cm³/mol. The van der Waals surface area contributed by atoms with Crippen molar-refractivity contribution < 1.29 is 4.79 Å². The molecule has 3 N–H and O–H groups in total. The summed E-state index contributed by atoms with van der Waals surface area (Å²) in [6.07, 6.45) is 5.21. The lowest BCUT2D eigenvalue weighted by atomic mass is 10.2. The van der Waals surface area contributed by atoms with Crippen molar-refractivity contribution in [3.05, 3.63) is 48.4 Å². The summed E-state index contributed by atoms with van der Waals surface area (Å²) >= 11 is 0. The molecule has 2 aromatic rings. The van der Waals surface area contributed by atoms with Gasteiger partial charge < -0.3 is 5.73 Å². The van der Waals surface area contributed by atoms with Crippen molar-refractivity contribution in [2.24, 2.45) is 5.73 Å². The zero-order chi connectivity index (χ0) is 10.7. The van der Waals surface area contributed by atoms with E-state index in [1.54, 1.807) is 35.4 Å². The molecule has 0 saturated heterocycles. The summed E-state index contributed by atoms with van der Waals surface area (Å²) in [7, 11) is 0. The van der Waals surface area contributed by atoms with Crippen molar-refractivity contribution in [1.29, 1.82) is 0 Å². The number of amides is 1. The van der Waals surface area contributed by atoms with Crippen LogP contribution in [0.5, 0.6) is 0 Å². The minimum atomic E-state index is -0.502. The summed E-state index contributed by atoms with van der Waals surface area (Å²) in [6.45, 7) is 0. The molecule has 5 heteroatoms. The van der Waals surface area contributed by atoms with Gasteiger partial charge in [0.2, 0.25) is 0 Å². The first-order chi connectivity index (χ1) is 7.27. The van der Waals surface area contributed by atoms with Gasteiger partial charge >= 0.3 is 0 Å². The molecular weight excluding hydrogens is 192 g/mol. The molecule has 76 valence electrons. The molecule has 0 aliphatic carbocycles. The Kier molecular flexibility index (Phi) is 2.37. The molecule has 15 heavy (non-hydrogen) atoms. The molecule has 0 unspecified atom stereocenters. The summed E-state index contributed by atoms with van der Waals surface area (Å²) < 4.78 is 1.69. The smallest absolute Gasteiger partial charge is 0.252 e. The number of hydrogen-bond donors (Lipinski definition) is 2. The highest BCUT2D eigenvalue weighted by atomic mass is 16.1. The van der Waals surface area contributed by atoms with Crippen LogP contribution in [0.4, 0.5) is 5.82 Å². The van der Waals surface area contributed by atoms with Crippen LogP contribution in [0, 0.1) is 0 Å². The summed E-state index contributed by atoms with van der Waals surface area (Å²) in [5.74, 6) is -0.0565. The molecule has 0 aliphatic rings. The van der Waals surface area contributed by atoms with Gasteiger partial charge in [-0.3, -0.25) is 14.9 Å². The third kappa shape index (κ3) is 1.96. The third-order valence-electron chi connectivity index (χ3n) is 1.91. The summed E-state index contributed by atoms with van der Waals surface area (Å²) in [6, 6.07) is 7.02. The van der Waals surface area contributed by atoms with Gasteiger partial charge in [-0.2, -0.15) is 0 Å². The Morgan fingerprint density at radius 3 is 2.73 bits per heavy atom. The molecule has 0 aliphatic heterocycles. The van der Waals surface area contributed by atoms with E-state index in [0.717, 1.165) is 0 Å². The number of carbonyl (C=O) groups excluding carboxylic acids is 1. The number of nitrogens with zero attached hydrogens (tertiary/aromatic N) is 2. The molecule has 0 fully saturated rings. The Balaban J connectivity index is 2.32. The number of hydrogen-bond acceptors (Lipinski definition) is 3. The molecule has 0 atom stereocenters. The van der Waals surface area contributed by atoms with Crippen LogP contribution >= 0.6 is 0 Å². The Morgan fingerprint density at radius 1 is 1.33 bits per heavy atom. The lowest BCUT2D eigenvalue weighted by Crippen LogP contribution is -2.17. The van der Waals surface area contributed by atoms with Gasteiger partial charge in [-0.25, -0.2) is 4.98 Å². The van der Waals surface area contributed by atoms with Gasteiger partial charge in [-0.05, 0) is 24.3 Å². The number of nitrogens with one attached hydrogen (secondary N) is 1. The quantitative estimate of drug-likeness (QED) is 0.775. The lowest BCUT2D eigenvalue weighted by molar-refractivity contribution is 0.100. The number of rotatable bonds is 3. The Labute approximate surface area is 86.5 Å². The molecule has 2 rings (SSSR count). The summed E-state index contributed by atoms with van der Waals surface area (Å²) in [5, 5.41) is 0. The van der Waals surface area contributed by atoms with Crippen molar-refractivity contribution in [1.82, 2.24) is 9.66 Å². The number of nitrogens with two attached hydrogens (primary N) is 1. The van der Waals surface area contributed by atoms with Crippen molar-refractivity contribution in [3.8, 4) is 0 Å². The van der Waals surface area contributed by atoms with Crippen LogP contribution in [-0.2, 0) is 0 Å². The molecule has 0 aromatic carbocycles. The zero-order valence-electron chi connectivity index (χ0n) is 7.92. The standard InChI is InChI=1S/C10H10N4O/c11-9(15)8-4-3-5-12-10(8)13-14-6-1-2-7-14/h1-7H,(H2,11,15)(H,12,13). The van der Waals surface area contributed by atoms with Crippen molar-refractivity contribution in [2.45, 2.75) is 0 Å². The van der Waals surface area contributed by atoms with E-state index < -0.39 is 5.91 Å². The molecule has 2 aromatic heterocycles. The topological polar surface area (TPSA) is 72.9 Å². The van der Waals surface area contributed by atoms with Crippen LogP contribution < -0.4 is 11.2 Å². The fraction of sp³-hybridized carbons (Fsp3) is 0.